The first-order valence-corrected chi connectivity index (χ1v) is 6.94. The summed E-state index contributed by atoms with van der Waals surface area (Å²) in [4.78, 5) is 24.1. The van der Waals surface area contributed by atoms with E-state index in [0.717, 1.165) is 11.1 Å². The van der Waals surface area contributed by atoms with Gasteiger partial charge in [-0.05, 0) is 29.7 Å². The zero-order chi connectivity index (χ0) is 16.1. The molecule has 0 saturated carbocycles. The van der Waals surface area contributed by atoms with Crippen molar-refractivity contribution in [3.63, 3.8) is 0 Å². The molecule has 4 N–H and O–H groups in total. The highest BCUT2D eigenvalue weighted by atomic mass is 16.3. The molecule has 22 heavy (non-hydrogen) atoms. The van der Waals surface area contributed by atoms with Crippen molar-refractivity contribution in [3.8, 4) is 11.1 Å². The van der Waals surface area contributed by atoms with Crippen molar-refractivity contribution >= 4 is 11.8 Å². The average molecular weight is 298 g/mol. The maximum Gasteiger partial charge on any atom is 0.252 e. The van der Waals surface area contributed by atoms with Gasteiger partial charge >= 0.3 is 0 Å². The molecule has 0 atom stereocenters. The number of carbonyl (C=O) groups is 2. The highest BCUT2D eigenvalue weighted by Gasteiger charge is 2.21. The number of rotatable bonds is 5. The Balaban J connectivity index is 2.67. The van der Waals surface area contributed by atoms with E-state index in [4.69, 9.17) is 10.8 Å². The Morgan fingerprint density at radius 1 is 1.14 bits per heavy atom. The van der Waals surface area contributed by atoms with Crippen LogP contribution in [0.5, 0.6) is 0 Å². The lowest BCUT2D eigenvalue weighted by molar-refractivity contribution is 0.0930. The van der Waals surface area contributed by atoms with E-state index in [1.165, 1.54) is 0 Å². The van der Waals surface area contributed by atoms with Crippen LogP contribution in [-0.2, 0) is 0 Å². The van der Waals surface area contributed by atoms with Crippen LogP contribution >= 0.6 is 0 Å². The Morgan fingerprint density at radius 2 is 1.82 bits per heavy atom. The van der Waals surface area contributed by atoms with Crippen LogP contribution in [0, 0.1) is 6.92 Å². The average Bonchev–Trinajstić information content (AvgIpc) is 2.52. The third-order valence-corrected chi connectivity index (χ3v) is 3.37. The lowest BCUT2D eigenvalue weighted by Gasteiger charge is -2.16. The molecule has 0 aromatic heterocycles. The second kappa shape index (κ2) is 6.87. The standard InChI is InChI=1S/C17H18N2O3/c1-11-7-8-13(16(18)21)15(17(22)19-9-10-20)14(11)12-5-3-2-4-6-12/h2-8,20H,9-10H2,1H3,(H2,18,21)(H,19,22). The summed E-state index contributed by atoms with van der Waals surface area (Å²) in [6.07, 6.45) is 0. The molecule has 2 aromatic carbocycles. The summed E-state index contributed by atoms with van der Waals surface area (Å²) in [5.41, 5.74) is 8.19. The van der Waals surface area contributed by atoms with Gasteiger partial charge in [0.05, 0.1) is 17.7 Å². The van der Waals surface area contributed by atoms with E-state index in [-0.39, 0.29) is 24.3 Å². The largest absolute Gasteiger partial charge is 0.395 e. The van der Waals surface area contributed by atoms with Crippen LogP contribution in [0.1, 0.15) is 26.3 Å². The van der Waals surface area contributed by atoms with Gasteiger partial charge in [0.1, 0.15) is 0 Å². The summed E-state index contributed by atoms with van der Waals surface area (Å²) >= 11 is 0. The Hall–Kier alpha value is -2.66. The molecule has 0 bridgehead atoms. The Kier molecular flexibility index (Phi) is 4.91. The number of primary amides is 1. The van der Waals surface area contributed by atoms with Gasteiger partial charge in [-0.3, -0.25) is 9.59 Å². The van der Waals surface area contributed by atoms with Gasteiger partial charge in [0.2, 0.25) is 5.91 Å². The predicted molar refractivity (Wildman–Crippen MR) is 84.6 cm³/mol. The molecule has 0 aliphatic rings. The minimum absolute atomic E-state index is 0.110. The predicted octanol–water partition coefficient (Wildman–Crippen LogP) is 1.48. The highest BCUT2D eigenvalue weighted by Crippen LogP contribution is 2.30. The molecule has 0 saturated heterocycles. The third-order valence-electron chi connectivity index (χ3n) is 3.37. The van der Waals surface area contributed by atoms with Gasteiger partial charge in [0.25, 0.3) is 5.91 Å². The molecule has 0 spiro atoms. The molecule has 0 aliphatic heterocycles. The van der Waals surface area contributed by atoms with Crippen molar-refractivity contribution in [2.45, 2.75) is 6.92 Å². The van der Waals surface area contributed by atoms with E-state index in [1.54, 1.807) is 12.1 Å². The molecular weight excluding hydrogens is 280 g/mol. The zero-order valence-electron chi connectivity index (χ0n) is 12.3. The maximum absolute atomic E-state index is 12.4. The quantitative estimate of drug-likeness (QED) is 0.780. The van der Waals surface area contributed by atoms with Crippen LogP contribution < -0.4 is 11.1 Å². The molecule has 0 unspecified atom stereocenters. The number of hydrogen-bond donors (Lipinski definition) is 3. The first kappa shape index (κ1) is 15.7. The smallest absolute Gasteiger partial charge is 0.252 e. The molecule has 0 fully saturated rings. The number of aryl methyl sites for hydroxylation is 1. The normalized spacial score (nSPS) is 10.3. The number of aliphatic hydroxyl groups is 1. The van der Waals surface area contributed by atoms with Crippen LogP contribution in [0.15, 0.2) is 42.5 Å². The summed E-state index contributed by atoms with van der Waals surface area (Å²) < 4.78 is 0. The van der Waals surface area contributed by atoms with E-state index in [9.17, 15) is 9.59 Å². The molecular formula is C17H18N2O3. The molecule has 0 aliphatic carbocycles. The summed E-state index contributed by atoms with van der Waals surface area (Å²) in [6.45, 7) is 1.80. The zero-order valence-corrected chi connectivity index (χ0v) is 12.3. The van der Waals surface area contributed by atoms with Crippen LogP contribution in [0.4, 0.5) is 0 Å². The Labute approximate surface area is 128 Å². The van der Waals surface area contributed by atoms with E-state index < -0.39 is 11.8 Å². The highest BCUT2D eigenvalue weighted by molar-refractivity contribution is 6.11. The second-order valence-electron chi connectivity index (χ2n) is 4.89. The van der Waals surface area contributed by atoms with Crippen molar-refractivity contribution in [3.05, 3.63) is 59.2 Å². The lowest BCUT2D eigenvalue weighted by Crippen LogP contribution is -2.30. The molecule has 2 amide bonds. The van der Waals surface area contributed by atoms with E-state index in [2.05, 4.69) is 5.32 Å². The first-order chi connectivity index (χ1) is 10.6. The number of hydrogen-bond acceptors (Lipinski definition) is 3. The molecule has 0 heterocycles. The third kappa shape index (κ3) is 3.15. The summed E-state index contributed by atoms with van der Waals surface area (Å²) in [5, 5.41) is 11.5. The molecule has 2 aromatic rings. The van der Waals surface area contributed by atoms with Crippen molar-refractivity contribution in [2.75, 3.05) is 13.2 Å². The molecule has 0 radical (unpaired) electrons. The second-order valence-corrected chi connectivity index (χ2v) is 4.89. The van der Waals surface area contributed by atoms with Crippen molar-refractivity contribution in [1.82, 2.24) is 5.32 Å². The first-order valence-electron chi connectivity index (χ1n) is 6.94. The maximum atomic E-state index is 12.4. The minimum Gasteiger partial charge on any atom is -0.395 e. The fourth-order valence-electron chi connectivity index (χ4n) is 2.38. The van der Waals surface area contributed by atoms with Crippen LogP contribution in [0.3, 0.4) is 0 Å². The minimum atomic E-state index is -0.661. The van der Waals surface area contributed by atoms with E-state index in [0.29, 0.717) is 5.56 Å². The summed E-state index contributed by atoms with van der Waals surface area (Å²) in [7, 11) is 0. The van der Waals surface area contributed by atoms with Crippen molar-refractivity contribution in [1.29, 1.82) is 0 Å². The van der Waals surface area contributed by atoms with E-state index in [1.807, 2.05) is 37.3 Å². The van der Waals surface area contributed by atoms with Crippen LogP contribution in [0.2, 0.25) is 0 Å². The molecule has 5 heteroatoms. The van der Waals surface area contributed by atoms with Crippen molar-refractivity contribution < 1.29 is 14.7 Å². The van der Waals surface area contributed by atoms with Gasteiger partial charge in [-0.2, -0.15) is 0 Å². The molecule has 5 nitrogen and oxygen atoms in total. The van der Waals surface area contributed by atoms with Gasteiger partial charge in [0, 0.05) is 6.54 Å². The van der Waals surface area contributed by atoms with Gasteiger partial charge in [-0.25, -0.2) is 0 Å². The Morgan fingerprint density at radius 3 is 2.41 bits per heavy atom. The van der Waals surface area contributed by atoms with Gasteiger partial charge in [-0.15, -0.1) is 0 Å². The monoisotopic (exact) mass is 298 g/mol. The van der Waals surface area contributed by atoms with E-state index >= 15 is 0 Å². The van der Waals surface area contributed by atoms with Gasteiger partial charge in [-0.1, -0.05) is 36.4 Å². The number of nitrogens with one attached hydrogen (secondary N) is 1. The number of benzene rings is 2. The fourth-order valence-corrected chi connectivity index (χ4v) is 2.38. The van der Waals surface area contributed by atoms with Gasteiger partial charge in [0.15, 0.2) is 0 Å². The Bertz CT molecular complexity index is 697. The van der Waals surface area contributed by atoms with Crippen LogP contribution in [-0.4, -0.2) is 30.1 Å². The number of aliphatic hydroxyl groups excluding tert-OH is 1. The summed E-state index contributed by atoms with van der Waals surface area (Å²) in [5.74, 6) is -1.09. The number of nitrogens with two attached hydrogens (primary N) is 1. The molecule has 2 rings (SSSR count). The SMILES string of the molecule is Cc1ccc(C(N)=O)c(C(=O)NCCO)c1-c1ccccc1. The lowest BCUT2D eigenvalue weighted by atomic mass is 9.90. The number of amides is 2. The fraction of sp³-hybridized carbons (Fsp3) is 0.176. The van der Waals surface area contributed by atoms with Crippen molar-refractivity contribution in [2.24, 2.45) is 5.73 Å². The number of carbonyl (C=O) groups excluding carboxylic acids is 2. The topological polar surface area (TPSA) is 92.4 Å². The molecule has 114 valence electrons. The summed E-state index contributed by atoms with van der Waals surface area (Å²) in [6, 6.07) is 12.7. The van der Waals surface area contributed by atoms with Gasteiger partial charge < -0.3 is 16.2 Å². The van der Waals surface area contributed by atoms with Crippen LogP contribution in [0.25, 0.3) is 11.1 Å².